The summed E-state index contributed by atoms with van der Waals surface area (Å²) in [5.41, 5.74) is 0.804. The van der Waals surface area contributed by atoms with E-state index in [1.54, 1.807) is 7.11 Å². The lowest BCUT2D eigenvalue weighted by molar-refractivity contribution is -0.137. The fourth-order valence-electron chi connectivity index (χ4n) is 1.37. The minimum atomic E-state index is -0.829. The van der Waals surface area contributed by atoms with Crippen LogP contribution in [0.5, 0.6) is 5.75 Å². The Labute approximate surface area is 117 Å². The van der Waals surface area contributed by atoms with Crippen LogP contribution < -0.4 is 10.1 Å². The van der Waals surface area contributed by atoms with Crippen LogP contribution in [0.25, 0.3) is 0 Å². The normalized spacial score (nSPS) is 12.0. The number of carboxylic acid groups (broad SMARTS) is 1. The number of carbonyl (C=O) groups is 1. The third-order valence-corrected chi connectivity index (χ3v) is 3.40. The van der Waals surface area contributed by atoms with Crippen LogP contribution in [0.3, 0.4) is 0 Å². The Morgan fingerprint density at radius 2 is 2.12 bits per heavy atom. The molecule has 17 heavy (non-hydrogen) atoms. The van der Waals surface area contributed by atoms with Gasteiger partial charge in [0.2, 0.25) is 0 Å². The standard InChI is InChI=1S/C11H13Br2NO3/c1-6(3-11(15)16)14-9-5-10(17-2)8(13)4-7(9)12/h4-6,14H,3H2,1-2H3,(H,15,16). The summed E-state index contributed by atoms with van der Waals surface area (Å²) in [5, 5.41) is 11.8. The van der Waals surface area contributed by atoms with E-state index in [0.29, 0.717) is 5.75 Å². The van der Waals surface area contributed by atoms with Crippen LogP contribution in [0.4, 0.5) is 5.69 Å². The number of ether oxygens (including phenoxy) is 1. The van der Waals surface area contributed by atoms with Crippen molar-refractivity contribution in [2.45, 2.75) is 19.4 Å². The van der Waals surface area contributed by atoms with Gasteiger partial charge in [-0.05, 0) is 44.8 Å². The van der Waals surface area contributed by atoms with E-state index in [1.165, 1.54) is 0 Å². The average molecular weight is 367 g/mol. The van der Waals surface area contributed by atoms with E-state index in [1.807, 2.05) is 19.1 Å². The van der Waals surface area contributed by atoms with Crippen molar-refractivity contribution >= 4 is 43.5 Å². The number of carboxylic acids is 1. The van der Waals surface area contributed by atoms with E-state index in [2.05, 4.69) is 37.2 Å². The van der Waals surface area contributed by atoms with Crippen molar-refractivity contribution in [3.8, 4) is 5.75 Å². The predicted molar refractivity (Wildman–Crippen MR) is 73.7 cm³/mol. The number of halogens is 2. The predicted octanol–water partition coefficient (Wildman–Crippen LogP) is 3.50. The molecule has 1 aromatic carbocycles. The topological polar surface area (TPSA) is 58.6 Å². The van der Waals surface area contributed by atoms with Gasteiger partial charge in [0.1, 0.15) is 5.75 Å². The number of hydrogen-bond acceptors (Lipinski definition) is 3. The molecule has 0 aliphatic heterocycles. The molecule has 1 atom stereocenters. The van der Waals surface area contributed by atoms with Gasteiger partial charge in [-0.2, -0.15) is 0 Å². The Morgan fingerprint density at radius 3 is 2.65 bits per heavy atom. The average Bonchev–Trinajstić information content (AvgIpc) is 2.20. The molecule has 4 nitrogen and oxygen atoms in total. The van der Waals surface area contributed by atoms with Crippen molar-refractivity contribution in [1.82, 2.24) is 0 Å². The van der Waals surface area contributed by atoms with Crippen molar-refractivity contribution in [1.29, 1.82) is 0 Å². The maximum atomic E-state index is 10.6. The molecule has 6 heteroatoms. The van der Waals surface area contributed by atoms with Crippen LogP contribution in [0, 0.1) is 0 Å². The van der Waals surface area contributed by atoms with Gasteiger partial charge in [-0.1, -0.05) is 0 Å². The molecule has 0 heterocycles. The minimum Gasteiger partial charge on any atom is -0.495 e. The lowest BCUT2D eigenvalue weighted by atomic mass is 10.2. The van der Waals surface area contributed by atoms with E-state index < -0.39 is 5.97 Å². The quantitative estimate of drug-likeness (QED) is 0.837. The largest absolute Gasteiger partial charge is 0.495 e. The van der Waals surface area contributed by atoms with Crippen LogP contribution >= 0.6 is 31.9 Å². The van der Waals surface area contributed by atoms with Gasteiger partial charge < -0.3 is 15.2 Å². The summed E-state index contributed by atoms with van der Waals surface area (Å²) in [5.74, 6) is -0.136. The molecule has 1 unspecified atom stereocenters. The molecule has 0 fully saturated rings. The first-order chi connectivity index (χ1) is 7.93. The van der Waals surface area contributed by atoms with E-state index in [9.17, 15) is 4.79 Å². The van der Waals surface area contributed by atoms with Crippen molar-refractivity contribution < 1.29 is 14.6 Å². The van der Waals surface area contributed by atoms with Gasteiger partial charge in [-0.3, -0.25) is 4.79 Å². The van der Waals surface area contributed by atoms with E-state index in [-0.39, 0.29) is 12.5 Å². The number of benzene rings is 1. The van der Waals surface area contributed by atoms with E-state index in [0.717, 1.165) is 14.6 Å². The molecule has 0 aliphatic carbocycles. The fraction of sp³-hybridized carbons (Fsp3) is 0.364. The van der Waals surface area contributed by atoms with Gasteiger partial charge in [-0.25, -0.2) is 0 Å². The maximum absolute atomic E-state index is 10.6. The Hall–Kier alpha value is -0.750. The Bertz CT molecular complexity index is 423. The molecule has 0 radical (unpaired) electrons. The second-order valence-electron chi connectivity index (χ2n) is 3.61. The molecule has 0 amide bonds. The zero-order valence-corrected chi connectivity index (χ0v) is 12.6. The van der Waals surface area contributed by atoms with Crippen LogP contribution in [-0.2, 0) is 4.79 Å². The van der Waals surface area contributed by atoms with Gasteiger partial charge >= 0.3 is 5.97 Å². The lowest BCUT2D eigenvalue weighted by Gasteiger charge is -2.16. The van der Waals surface area contributed by atoms with Gasteiger partial charge in [-0.15, -0.1) is 0 Å². The summed E-state index contributed by atoms with van der Waals surface area (Å²) in [4.78, 5) is 10.6. The van der Waals surface area contributed by atoms with Gasteiger partial charge in [0.25, 0.3) is 0 Å². The first-order valence-electron chi connectivity index (χ1n) is 4.95. The Kier molecular flexibility index (Phi) is 5.27. The van der Waals surface area contributed by atoms with E-state index in [4.69, 9.17) is 9.84 Å². The zero-order chi connectivity index (χ0) is 13.0. The number of aliphatic carboxylic acids is 1. The maximum Gasteiger partial charge on any atom is 0.305 e. The SMILES string of the molecule is COc1cc(NC(C)CC(=O)O)c(Br)cc1Br. The number of anilines is 1. The summed E-state index contributed by atoms with van der Waals surface area (Å²) < 4.78 is 6.87. The molecule has 0 bridgehead atoms. The fourth-order valence-corrected chi connectivity index (χ4v) is 2.64. The highest BCUT2D eigenvalue weighted by Gasteiger charge is 2.11. The highest BCUT2D eigenvalue weighted by Crippen LogP contribution is 2.34. The molecule has 0 aromatic heterocycles. The van der Waals surface area contributed by atoms with Gasteiger partial charge in [0.05, 0.1) is 23.7 Å². The molecule has 1 aromatic rings. The zero-order valence-electron chi connectivity index (χ0n) is 9.46. The van der Waals surface area contributed by atoms with E-state index >= 15 is 0 Å². The smallest absolute Gasteiger partial charge is 0.305 e. The number of methoxy groups -OCH3 is 1. The van der Waals surface area contributed by atoms with Crippen LogP contribution in [0.2, 0.25) is 0 Å². The molecule has 0 aliphatic rings. The van der Waals surface area contributed by atoms with Crippen molar-refractivity contribution in [2.75, 3.05) is 12.4 Å². The summed E-state index contributed by atoms with van der Waals surface area (Å²) in [7, 11) is 1.58. The molecule has 94 valence electrons. The highest BCUT2D eigenvalue weighted by molar-refractivity contribution is 9.11. The minimum absolute atomic E-state index is 0.0603. The molecule has 0 saturated carbocycles. The lowest BCUT2D eigenvalue weighted by Crippen LogP contribution is -2.19. The Balaban J connectivity index is 2.87. The van der Waals surface area contributed by atoms with Crippen molar-refractivity contribution in [3.63, 3.8) is 0 Å². The highest BCUT2D eigenvalue weighted by atomic mass is 79.9. The molecular weight excluding hydrogens is 354 g/mol. The summed E-state index contributed by atoms with van der Waals surface area (Å²) in [6, 6.07) is 3.51. The number of rotatable bonds is 5. The molecule has 2 N–H and O–H groups in total. The number of hydrogen-bond donors (Lipinski definition) is 2. The van der Waals surface area contributed by atoms with Crippen LogP contribution in [0.15, 0.2) is 21.1 Å². The van der Waals surface area contributed by atoms with Gasteiger partial charge in [0.15, 0.2) is 0 Å². The summed E-state index contributed by atoms with van der Waals surface area (Å²) in [6.45, 7) is 1.81. The second-order valence-corrected chi connectivity index (χ2v) is 5.32. The molecular formula is C11H13Br2NO3. The third kappa shape index (κ3) is 4.20. The molecule has 0 spiro atoms. The summed E-state index contributed by atoms with van der Waals surface area (Å²) >= 11 is 6.78. The summed E-state index contributed by atoms with van der Waals surface area (Å²) in [6.07, 6.45) is 0.0603. The third-order valence-electron chi connectivity index (χ3n) is 2.12. The van der Waals surface area contributed by atoms with Crippen LogP contribution in [-0.4, -0.2) is 24.2 Å². The first-order valence-corrected chi connectivity index (χ1v) is 6.54. The van der Waals surface area contributed by atoms with Crippen LogP contribution in [0.1, 0.15) is 13.3 Å². The Morgan fingerprint density at radius 1 is 1.47 bits per heavy atom. The van der Waals surface area contributed by atoms with Crippen molar-refractivity contribution in [3.05, 3.63) is 21.1 Å². The molecule has 1 rings (SSSR count). The van der Waals surface area contributed by atoms with Gasteiger partial charge in [0, 0.05) is 16.6 Å². The molecule has 0 saturated heterocycles. The van der Waals surface area contributed by atoms with Crippen molar-refractivity contribution in [2.24, 2.45) is 0 Å². The number of nitrogens with one attached hydrogen (secondary N) is 1. The monoisotopic (exact) mass is 365 g/mol. The first kappa shape index (κ1) is 14.3. The second kappa shape index (κ2) is 6.26.